The SMILES string of the molecule is C=CCCC(O)CN(C)C(C)c1sc(C)nc1C. The van der Waals surface area contributed by atoms with Crippen molar-refractivity contribution in [2.45, 2.75) is 45.8 Å². The molecular weight excluding hydrogens is 244 g/mol. The standard InChI is InChI=1S/C14H24N2OS/c1-6-7-8-13(17)9-16(5)11(3)14-10(2)15-12(4)18-14/h6,11,13,17H,1,7-9H2,2-5H3. The van der Waals surface area contributed by atoms with Crippen LogP contribution in [-0.4, -0.2) is 34.7 Å². The monoisotopic (exact) mass is 268 g/mol. The van der Waals surface area contributed by atoms with E-state index in [1.54, 1.807) is 11.3 Å². The maximum absolute atomic E-state index is 9.92. The minimum absolute atomic E-state index is 0.287. The number of allylic oxidation sites excluding steroid dienone is 1. The number of aromatic nitrogens is 1. The summed E-state index contributed by atoms with van der Waals surface area (Å²) in [6.45, 7) is 10.6. The van der Waals surface area contributed by atoms with Gasteiger partial charge in [0.2, 0.25) is 0 Å². The van der Waals surface area contributed by atoms with E-state index in [-0.39, 0.29) is 6.10 Å². The largest absolute Gasteiger partial charge is 0.392 e. The van der Waals surface area contributed by atoms with Crippen molar-refractivity contribution in [2.75, 3.05) is 13.6 Å². The minimum atomic E-state index is -0.287. The van der Waals surface area contributed by atoms with Gasteiger partial charge in [0.05, 0.1) is 16.8 Å². The second-order valence-corrected chi connectivity index (χ2v) is 6.05. The lowest BCUT2D eigenvalue weighted by Crippen LogP contribution is -2.31. The molecule has 0 aliphatic heterocycles. The molecule has 1 N–H and O–H groups in total. The number of aliphatic hydroxyl groups is 1. The minimum Gasteiger partial charge on any atom is -0.392 e. The highest BCUT2D eigenvalue weighted by Crippen LogP contribution is 2.28. The van der Waals surface area contributed by atoms with Crippen LogP contribution in [0.15, 0.2) is 12.7 Å². The fraction of sp³-hybridized carbons (Fsp3) is 0.643. The number of rotatable bonds is 7. The summed E-state index contributed by atoms with van der Waals surface area (Å²) in [7, 11) is 2.05. The van der Waals surface area contributed by atoms with Gasteiger partial charge in [-0.1, -0.05) is 6.08 Å². The average Bonchev–Trinajstić information content (AvgIpc) is 2.64. The first-order chi connectivity index (χ1) is 8.45. The highest BCUT2D eigenvalue weighted by atomic mass is 32.1. The van der Waals surface area contributed by atoms with E-state index < -0.39 is 0 Å². The smallest absolute Gasteiger partial charge is 0.0900 e. The zero-order valence-corrected chi connectivity index (χ0v) is 12.6. The Morgan fingerprint density at radius 1 is 1.50 bits per heavy atom. The number of aryl methyl sites for hydroxylation is 2. The number of thiazole rings is 1. The Kier molecular flexibility index (Phi) is 5.99. The van der Waals surface area contributed by atoms with Crippen molar-refractivity contribution in [1.29, 1.82) is 0 Å². The molecule has 2 unspecified atom stereocenters. The number of likely N-dealkylation sites (N-methyl/N-ethyl adjacent to an activating group) is 1. The van der Waals surface area contributed by atoms with E-state index in [2.05, 4.69) is 37.4 Å². The zero-order chi connectivity index (χ0) is 13.7. The molecule has 0 amide bonds. The number of aliphatic hydroxyl groups excluding tert-OH is 1. The first-order valence-corrected chi connectivity index (χ1v) is 7.20. The van der Waals surface area contributed by atoms with Crippen molar-refractivity contribution in [3.8, 4) is 0 Å². The maximum Gasteiger partial charge on any atom is 0.0900 e. The maximum atomic E-state index is 9.92. The van der Waals surface area contributed by atoms with Crippen LogP contribution in [0.2, 0.25) is 0 Å². The van der Waals surface area contributed by atoms with Gasteiger partial charge in [-0.2, -0.15) is 0 Å². The highest BCUT2D eigenvalue weighted by molar-refractivity contribution is 7.11. The lowest BCUT2D eigenvalue weighted by molar-refractivity contribution is 0.102. The third-order valence-corrected chi connectivity index (χ3v) is 4.43. The van der Waals surface area contributed by atoms with Crippen molar-refractivity contribution in [3.05, 3.63) is 28.2 Å². The molecule has 3 nitrogen and oxygen atoms in total. The number of nitrogens with zero attached hydrogens (tertiary/aromatic N) is 2. The fourth-order valence-corrected chi connectivity index (χ4v) is 3.07. The van der Waals surface area contributed by atoms with Gasteiger partial charge < -0.3 is 5.11 Å². The summed E-state index contributed by atoms with van der Waals surface area (Å²) in [4.78, 5) is 7.94. The second kappa shape index (κ2) is 7.02. The van der Waals surface area contributed by atoms with E-state index in [0.717, 1.165) is 23.5 Å². The summed E-state index contributed by atoms with van der Waals surface area (Å²) in [5.74, 6) is 0. The summed E-state index contributed by atoms with van der Waals surface area (Å²) in [5.41, 5.74) is 1.11. The van der Waals surface area contributed by atoms with E-state index in [1.807, 2.05) is 13.0 Å². The van der Waals surface area contributed by atoms with Crippen molar-refractivity contribution < 1.29 is 5.11 Å². The molecule has 4 heteroatoms. The van der Waals surface area contributed by atoms with Crippen LogP contribution in [0.4, 0.5) is 0 Å². The van der Waals surface area contributed by atoms with E-state index in [9.17, 15) is 5.11 Å². The lowest BCUT2D eigenvalue weighted by Gasteiger charge is -2.26. The molecule has 0 aromatic carbocycles. The Hall–Kier alpha value is -0.710. The van der Waals surface area contributed by atoms with E-state index in [4.69, 9.17) is 0 Å². The zero-order valence-electron chi connectivity index (χ0n) is 11.8. The number of hydrogen-bond donors (Lipinski definition) is 1. The van der Waals surface area contributed by atoms with Crippen LogP contribution in [0.25, 0.3) is 0 Å². The molecule has 18 heavy (non-hydrogen) atoms. The van der Waals surface area contributed by atoms with Crippen molar-refractivity contribution in [3.63, 3.8) is 0 Å². The third kappa shape index (κ3) is 4.19. The van der Waals surface area contributed by atoms with Crippen LogP contribution in [0, 0.1) is 13.8 Å². The van der Waals surface area contributed by atoms with Crippen LogP contribution in [-0.2, 0) is 0 Å². The number of hydrogen-bond acceptors (Lipinski definition) is 4. The van der Waals surface area contributed by atoms with Gasteiger partial charge in [-0.15, -0.1) is 17.9 Å². The van der Waals surface area contributed by atoms with Crippen molar-refractivity contribution >= 4 is 11.3 Å². The summed E-state index contributed by atoms with van der Waals surface area (Å²) < 4.78 is 0. The molecule has 0 aliphatic rings. The summed E-state index contributed by atoms with van der Waals surface area (Å²) >= 11 is 1.75. The van der Waals surface area contributed by atoms with Gasteiger partial charge in [0.15, 0.2) is 0 Å². The molecule has 0 fully saturated rings. The topological polar surface area (TPSA) is 36.4 Å². The van der Waals surface area contributed by atoms with Gasteiger partial charge in [0, 0.05) is 17.5 Å². The van der Waals surface area contributed by atoms with Gasteiger partial charge >= 0.3 is 0 Å². The van der Waals surface area contributed by atoms with E-state index >= 15 is 0 Å². The molecular formula is C14H24N2OS. The summed E-state index contributed by atoms with van der Waals surface area (Å²) in [6, 6.07) is 0.301. The molecule has 1 rings (SSSR count). The molecule has 0 bridgehead atoms. The van der Waals surface area contributed by atoms with Crippen molar-refractivity contribution in [2.24, 2.45) is 0 Å². The molecule has 102 valence electrons. The molecule has 1 aromatic heterocycles. The van der Waals surface area contributed by atoms with Gasteiger partial charge in [-0.3, -0.25) is 4.90 Å². The second-order valence-electron chi connectivity index (χ2n) is 4.82. The lowest BCUT2D eigenvalue weighted by atomic mass is 10.1. The van der Waals surface area contributed by atoms with Crippen LogP contribution in [0.5, 0.6) is 0 Å². The molecule has 0 saturated heterocycles. The van der Waals surface area contributed by atoms with E-state index in [1.165, 1.54) is 4.88 Å². The average molecular weight is 268 g/mol. The summed E-state index contributed by atoms with van der Waals surface area (Å²) in [6.07, 6.45) is 3.21. The molecule has 1 aromatic rings. The Morgan fingerprint density at radius 2 is 2.17 bits per heavy atom. The molecule has 0 radical (unpaired) electrons. The Balaban J connectivity index is 2.58. The summed E-state index contributed by atoms with van der Waals surface area (Å²) in [5, 5.41) is 11.0. The molecule has 2 atom stereocenters. The first-order valence-electron chi connectivity index (χ1n) is 6.38. The Labute approximate surface area is 114 Å². The van der Waals surface area contributed by atoms with Crippen LogP contribution < -0.4 is 0 Å². The van der Waals surface area contributed by atoms with Crippen molar-refractivity contribution in [1.82, 2.24) is 9.88 Å². The predicted molar refractivity (Wildman–Crippen MR) is 78.1 cm³/mol. The van der Waals surface area contributed by atoms with E-state index in [0.29, 0.717) is 12.6 Å². The molecule has 0 spiro atoms. The van der Waals surface area contributed by atoms with Crippen LogP contribution in [0.3, 0.4) is 0 Å². The van der Waals surface area contributed by atoms with Gasteiger partial charge in [-0.25, -0.2) is 4.98 Å². The Bertz CT molecular complexity index is 389. The fourth-order valence-electron chi connectivity index (χ4n) is 2.03. The van der Waals surface area contributed by atoms with Crippen LogP contribution >= 0.6 is 11.3 Å². The molecule has 0 saturated carbocycles. The third-order valence-electron chi connectivity index (χ3n) is 3.18. The van der Waals surface area contributed by atoms with Gasteiger partial charge in [0.1, 0.15) is 0 Å². The Morgan fingerprint density at radius 3 is 2.67 bits per heavy atom. The normalized spacial score (nSPS) is 14.8. The quantitative estimate of drug-likeness (QED) is 0.772. The first kappa shape index (κ1) is 15.3. The predicted octanol–water partition coefficient (Wildman–Crippen LogP) is 3.08. The molecule has 1 heterocycles. The van der Waals surface area contributed by atoms with Gasteiger partial charge in [-0.05, 0) is 40.7 Å². The van der Waals surface area contributed by atoms with Gasteiger partial charge in [0.25, 0.3) is 0 Å². The molecule has 0 aliphatic carbocycles. The van der Waals surface area contributed by atoms with Crippen LogP contribution in [0.1, 0.15) is 41.4 Å². The highest BCUT2D eigenvalue weighted by Gasteiger charge is 2.19.